The molecule has 0 aliphatic rings. The minimum absolute atomic E-state index is 0.134. The van der Waals surface area contributed by atoms with Crippen LogP contribution in [-0.2, 0) is 20.7 Å². The maximum atomic E-state index is 11.4. The molecule has 1 rings (SSSR count). The minimum Gasteiger partial charge on any atom is -0.468 e. The Morgan fingerprint density at radius 3 is 2.47 bits per heavy atom. The van der Waals surface area contributed by atoms with Crippen LogP contribution in [0.2, 0.25) is 0 Å². The van der Waals surface area contributed by atoms with E-state index in [1.165, 1.54) is 25.2 Å². The summed E-state index contributed by atoms with van der Waals surface area (Å²) >= 11 is 0. The molecule has 3 heteroatoms. The Bertz CT molecular complexity index is 410. The molecule has 0 saturated carbocycles. The molecule has 0 heterocycles. The summed E-state index contributed by atoms with van der Waals surface area (Å²) in [6, 6.07) is 7.98. The van der Waals surface area contributed by atoms with Crippen molar-refractivity contribution >= 4 is 11.8 Å². The van der Waals surface area contributed by atoms with E-state index in [1.54, 1.807) is 0 Å². The zero-order valence-corrected chi connectivity index (χ0v) is 10.5. The predicted molar refractivity (Wildman–Crippen MR) is 65.7 cm³/mol. The molecule has 1 unspecified atom stereocenters. The second kappa shape index (κ2) is 6.18. The van der Waals surface area contributed by atoms with Gasteiger partial charge in [0.1, 0.15) is 11.7 Å². The van der Waals surface area contributed by atoms with Crippen molar-refractivity contribution in [2.75, 3.05) is 7.11 Å². The summed E-state index contributed by atoms with van der Waals surface area (Å²) in [6.07, 6.45) is 1.22. The molecular formula is C14H18O3. The topological polar surface area (TPSA) is 43.4 Å². The van der Waals surface area contributed by atoms with E-state index in [4.69, 9.17) is 0 Å². The van der Waals surface area contributed by atoms with Crippen LogP contribution in [0.1, 0.15) is 24.5 Å². The summed E-state index contributed by atoms with van der Waals surface area (Å²) in [7, 11) is 1.31. The first-order valence-electron chi connectivity index (χ1n) is 5.69. The average Bonchev–Trinajstić information content (AvgIpc) is 2.30. The van der Waals surface area contributed by atoms with E-state index in [0.29, 0.717) is 12.8 Å². The summed E-state index contributed by atoms with van der Waals surface area (Å²) in [5, 5.41) is 0. The van der Waals surface area contributed by atoms with E-state index in [2.05, 4.69) is 4.74 Å². The molecule has 3 nitrogen and oxygen atoms in total. The van der Waals surface area contributed by atoms with Crippen LogP contribution in [0.5, 0.6) is 0 Å². The SMILES string of the molecule is COC(=O)C(CCc1ccccc1C)C(C)=O. The van der Waals surface area contributed by atoms with Gasteiger partial charge in [-0.3, -0.25) is 9.59 Å². The summed E-state index contributed by atoms with van der Waals surface area (Å²) in [4.78, 5) is 22.8. The molecule has 0 amide bonds. The first-order chi connectivity index (χ1) is 8.06. The van der Waals surface area contributed by atoms with Gasteiger partial charge in [0.15, 0.2) is 0 Å². The molecule has 0 radical (unpaired) electrons. The number of esters is 1. The largest absolute Gasteiger partial charge is 0.468 e. The van der Waals surface area contributed by atoms with Gasteiger partial charge in [-0.1, -0.05) is 24.3 Å². The summed E-state index contributed by atoms with van der Waals surface area (Å²) in [5.41, 5.74) is 2.35. The first kappa shape index (κ1) is 13.4. The van der Waals surface area contributed by atoms with Crippen LogP contribution in [0.4, 0.5) is 0 Å². The fourth-order valence-electron chi connectivity index (χ4n) is 1.82. The van der Waals surface area contributed by atoms with Gasteiger partial charge in [-0.05, 0) is 37.8 Å². The van der Waals surface area contributed by atoms with Crippen molar-refractivity contribution in [1.29, 1.82) is 0 Å². The number of rotatable bonds is 5. The molecule has 0 fully saturated rings. The lowest BCUT2D eigenvalue weighted by molar-refractivity contribution is -0.149. The van der Waals surface area contributed by atoms with Crippen molar-refractivity contribution in [1.82, 2.24) is 0 Å². The molecule has 0 spiro atoms. The Morgan fingerprint density at radius 1 is 1.29 bits per heavy atom. The second-order valence-corrected chi connectivity index (χ2v) is 4.15. The van der Waals surface area contributed by atoms with Crippen LogP contribution >= 0.6 is 0 Å². The molecule has 0 N–H and O–H groups in total. The molecule has 0 aliphatic carbocycles. The van der Waals surface area contributed by atoms with Crippen LogP contribution in [-0.4, -0.2) is 18.9 Å². The number of methoxy groups -OCH3 is 1. The van der Waals surface area contributed by atoms with Crippen LogP contribution in [0.3, 0.4) is 0 Å². The molecule has 1 atom stereocenters. The number of carbonyl (C=O) groups is 2. The van der Waals surface area contributed by atoms with Crippen LogP contribution in [0.25, 0.3) is 0 Å². The van der Waals surface area contributed by atoms with Gasteiger partial charge in [-0.2, -0.15) is 0 Å². The van der Waals surface area contributed by atoms with E-state index >= 15 is 0 Å². The van der Waals surface area contributed by atoms with Gasteiger partial charge in [-0.15, -0.1) is 0 Å². The Balaban J connectivity index is 2.68. The van der Waals surface area contributed by atoms with E-state index in [9.17, 15) is 9.59 Å². The molecule has 0 bridgehead atoms. The predicted octanol–water partition coefficient (Wildman–Crippen LogP) is 2.31. The van der Waals surface area contributed by atoms with Crippen molar-refractivity contribution in [3.63, 3.8) is 0 Å². The Kier molecular flexibility index (Phi) is 4.88. The highest BCUT2D eigenvalue weighted by molar-refractivity contribution is 5.97. The normalized spacial score (nSPS) is 11.9. The van der Waals surface area contributed by atoms with Crippen molar-refractivity contribution in [3.05, 3.63) is 35.4 Å². The quantitative estimate of drug-likeness (QED) is 0.580. The smallest absolute Gasteiger partial charge is 0.316 e. The van der Waals surface area contributed by atoms with Crippen molar-refractivity contribution in [2.24, 2.45) is 5.92 Å². The van der Waals surface area contributed by atoms with Crippen molar-refractivity contribution in [2.45, 2.75) is 26.7 Å². The van der Waals surface area contributed by atoms with Gasteiger partial charge in [0.05, 0.1) is 7.11 Å². The Labute approximate surface area is 102 Å². The number of ether oxygens (including phenoxy) is 1. The maximum Gasteiger partial charge on any atom is 0.316 e. The first-order valence-corrected chi connectivity index (χ1v) is 5.69. The van der Waals surface area contributed by atoms with Gasteiger partial charge in [-0.25, -0.2) is 0 Å². The minimum atomic E-state index is -0.639. The molecule has 0 aromatic heterocycles. The summed E-state index contributed by atoms with van der Waals surface area (Å²) in [6.45, 7) is 3.45. The standard InChI is InChI=1S/C14H18O3/c1-10-6-4-5-7-12(10)8-9-13(11(2)15)14(16)17-3/h4-7,13H,8-9H2,1-3H3. The lowest BCUT2D eigenvalue weighted by Gasteiger charge is -2.12. The van der Waals surface area contributed by atoms with Gasteiger partial charge in [0, 0.05) is 0 Å². The molecular weight excluding hydrogens is 216 g/mol. The zero-order valence-electron chi connectivity index (χ0n) is 10.5. The maximum absolute atomic E-state index is 11.4. The van der Waals surface area contributed by atoms with E-state index in [1.807, 2.05) is 31.2 Å². The number of carbonyl (C=O) groups excluding carboxylic acids is 2. The number of aryl methyl sites for hydroxylation is 2. The van der Waals surface area contributed by atoms with Crippen molar-refractivity contribution in [3.8, 4) is 0 Å². The van der Waals surface area contributed by atoms with Gasteiger partial charge in [0.2, 0.25) is 0 Å². The highest BCUT2D eigenvalue weighted by Crippen LogP contribution is 2.15. The van der Waals surface area contributed by atoms with Crippen LogP contribution in [0, 0.1) is 12.8 Å². The average molecular weight is 234 g/mol. The monoisotopic (exact) mass is 234 g/mol. The fraction of sp³-hybridized carbons (Fsp3) is 0.429. The fourth-order valence-corrected chi connectivity index (χ4v) is 1.82. The number of ketones is 1. The Hall–Kier alpha value is -1.64. The molecule has 1 aromatic carbocycles. The van der Waals surface area contributed by atoms with E-state index in [0.717, 1.165) is 0 Å². The van der Waals surface area contributed by atoms with Crippen LogP contribution in [0.15, 0.2) is 24.3 Å². The molecule has 17 heavy (non-hydrogen) atoms. The van der Waals surface area contributed by atoms with Crippen LogP contribution < -0.4 is 0 Å². The number of hydrogen-bond acceptors (Lipinski definition) is 3. The zero-order chi connectivity index (χ0) is 12.8. The number of Topliss-reactive ketones (excluding diaryl/α,β-unsaturated/α-hetero) is 1. The van der Waals surface area contributed by atoms with Gasteiger partial charge < -0.3 is 4.74 Å². The third kappa shape index (κ3) is 3.70. The molecule has 0 saturated heterocycles. The van der Waals surface area contributed by atoms with E-state index in [-0.39, 0.29) is 5.78 Å². The van der Waals surface area contributed by atoms with Gasteiger partial charge >= 0.3 is 5.97 Å². The lowest BCUT2D eigenvalue weighted by Crippen LogP contribution is -2.23. The van der Waals surface area contributed by atoms with E-state index < -0.39 is 11.9 Å². The summed E-state index contributed by atoms with van der Waals surface area (Å²) in [5.74, 6) is -1.21. The van der Waals surface area contributed by atoms with Gasteiger partial charge in [0.25, 0.3) is 0 Å². The lowest BCUT2D eigenvalue weighted by atomic mass is 9.94. The third-order valence-electron chi connectivity index (χ3n) is 2.94. The number of hydrogen-bond donors (Lipinski definition) is 0. The number of benzene rings is 1. The highest BCUT2D eigenvalue weighted by atomic mass is 16.5. The Morgan fingerprint density at radius 2 is 1.94 bits per heavy atom. The molecule has 1 aromatic rings. The summed E-state index contributed by atoms with van der Waals surface area (Å²) < 4.78 is 4.63. The molecule has 92 valence electrons. The van der Waals surface area contributed by atoms with Crippen molar-refractivity contribution < 1.29 is 14.3 Å². The third-order valence-corrected chi connectivity index (χ3v) is 2.94. The molecule has 0 aliphatic heterocycles. The highest BCUT2D eigenvalue weighted by Gasteiger charge is 2.23. The second-order valence-electron chi connectivity index (χ2n) is 4.15.